The average Bonchev–Trinajstić information content (AvgIpc) is 1.80. The summed E-state index contributed by atoms with van der Waals surface area (Å²) in [6, 6.07) is 0. The number of rotatable bonds is 6. The maximum Gasteiger partial charge on any atom is -0.269 e. The zero-order chi connectivity index (χ0) is 10.4. The van der Waals surface area contributed by atoms with Crippen molar-refractivity contribution < 1.29 is 22.6 Å². The van der Waals surface area contributed by atoms with Gasteiger partial charge in [-0.1, -0.05) is 0 Å². The van der Waals surface area contributed by atoms with Gasteiger partial charge in [0.1, 0.15) is 0 Å². The van der Waals surface area contributed by atoms with E-state index < -0.39 is 17.9 Å². The Labute approximate surface area is 96.1 Å². The molecule has 2 heteroatoms. The largest absolute Gasteiger partial charge is 0.269 e. The Bertz CT molecular complexity index is 97.7. The van der Waals surface area contributed by atoms with E-state index in [1.807, 2.05) is 0 Å². The van der Waals surface area contributed by atoms with E-state index in [4.69, 9.17) is 0 Å². The van der Waals surface area contributed by atoms with E-state index in [1.54, 1.807) is 14.2 Å². The van der Waals surface area contributed by atoms with Crippen LogP contribution in [0.5, 0.6) is 0 Å². The van der Waals surface area contributed by atoms with Gasteiger partial charge in [-0.2, -0.15) is 0 Å². The van der Waals surface area contributed by atoms with Gasteiger partial charge >= 0.3 is 91.3 Å². The summed E-state index contributed by atoms with van der Waals surface area (Å²) in [6.07, 6.45) is 0. The summed E-state index contributed by atoms with van der Waals surface area (Å²) in [4.78, 5) is 0. The van der Waals surface area contributed by atoms with Crippen molar-refractivity contribution in [3.8, 4) is 0 Å². The fourth-order valence-corrected chi connectivity index (χ4v) is 8.17. The molecule has 0 N–H and O–H groups in total. The molecule has 0 heterocycles. The maximum atomic E-state index is 2.38. The minimum Gasteiger partial charge on any atom is -0.269 e. The monoisotopic (exact) mass is 239 g/mol. The predicted molar refractivity (Wildman–Crippen MR) is 61.4 cm³/mol. The molecule has 14 heavy (non-hydrogen) atoms. The Morgan fingerprint density at radius 1 is 0.643 bits per heavy atom. The van der Waals surface area contributed by atoms with E-state index in [1.165, 1.54) is 0 Å². The van der Waals surface area contributed by atoms with E-state index in [0.29, 0.717) is 0 Å². The molecule has 0 unspecified atom stereocenters. The van der Waals surface area contributed by atoms with Crippen LogP contribution in [0.2, 0.25) is 14.2 Å². The second-order valence-electron chi connectivity index (χ2n) is 5.54. The molecule has 0 bridgehead atoms. The van der Waals surface area contributed by atoms with Crippen molar-refractivity contribution in [1.82, 2.24) is 0 Å². The molecule has 0 aromatic rings. The molecule has 0 fully saturated rings. The second kappa shape index (κ2) is 8.91. The molecular weight excluding hydrogens is 211 g/mol. The third kappa shape index (κ3) is 10.7. The van der Waals surface area contributed by atoms with E-state index in [0.717, 1.165) is 17.8 Å². The first-order chi connectivity index (χ1) is 5.91. The van der Waals surface area contributed by atoms with Crippen molar-refractivity contribution in [2.24, 2.45) is 17.8 Å². The normalized spacial score (nSPS) is 10.9. The van der Waals surface area contributed by atoms with Gasteiger partial charge in [0.15, 0.2) is 0 Å². The molecule has 0 rings (SSSR count). The van der Waals surface area contributed by atoms with Gasteiger partial charge in [-0.05, 0) is 0 Å². The van der Waals surface area contributed by atoms with Crippen molar-refractivity contribution in [3.63, 3.8) is 0 Å². The maximum absolute atomic E-state index is 2.38. The molecule has 0 atom stereocenters. The van der Waals surface area contributed by atoms with Gasteiger partial charge in [0.05, 0.1) is 0 Å². The van der Waals surface area contributed by atoms with E-state index >= 15 is 0 Å². The van der Waals surface area contributed by atoms with Gasteiger partial charge in [0, 0.05) is 0 Å². The summed E-state index contributed by atoms with van der Waals surface area (Å²) in [7, 11) is 0. The van der Waals surface area contributed by atoms with Crippen molar-refractivity contribution in [2.75, 3.05) is 0 Å². The van der Waals surface area contributed by atoms with Gasteiger partial charge in [0.2, 0.25) is 0 Å². The van der Waals surface area contributed by atoms with Crippen LogP contribution >= 0.6 is 0 Å². The van der Waals surface area contributed by atoms with Gasteiger partial charge < -0.3 is 0 Å². The van der Waals surface area contributed by atoms with Crippen molar-refractivity contribution in [2.45, 2.75) is 55.7 Å². The summed E-state index contributed by atoms with van der Waals surface area (Å²) >= 11 is -0.681. The molecule has 87 valence electrons. The summed E-state index contributed by atoms with van der Waals surface area (Å²) in [5.41, 5.74) is 0. The Balaban J connectivity index is 0. The van der Waals surface area contributed by atoms with Crippen LogP contribution in [-0.2, 0) is 17.9 Å². The van der Waals surface area contributed by atoms with Gasteiger partial charge in [-0.3, -0.25) is 4.70 Å². The van der Waals surface area contributed by atoms with Crippen molar-refractivity contribution >= 4 is 0 Å². The minimum absolute atomic E-state index is 0. The summed E-state index contributed by atoms with van der Waals surface area (Å²) in [5, 5.41) is 0. The van der Waals surface area contributed by atoms with Gasteiger partial charge in [-0.15, -0.1) is 0 Å². The second-order valence-corrected chi connectivity index (χ2v) is 9.80. The third-order valence-electron chi connectivity index (χ3n) is 2.09. The zero-order valence-electron chi connectivity index (χ0n) is 10.8. The first kappa shape index (κ1) is 17.1. The SMILES string of the molecule is CC(C)[CH2][Ti]([CH2]C(C)C)[CH2]C(C)C.F. The van der Waals surface area contributed by atoms with Crippen molar-refractivity contribution in [1.29, 1.82) is 0 Å². The Morgan fingerprint density at radius 3 is 1.00 bits per heavy atom. The molecule has 0 aromatic heterocycles. The zero-order valence-corrected chi connectivity index (χ0v) is 12.3. The van der Waals surface area contributed by atoms with Crippen LogP contribution in [0.3, 0.4) is 0 Å². The molecule has 0 aliphatic carbocycles. The minimum atomic E-state index is -0.681. The van der Waals surface area contributed by atoms with Crippen molar-refractivity contribution in [3.05, 3.63) is 0 Å². The van der Waals surface area contributed by atoms with Crippen LogP contribution in [0.4, 0.5) is 4.70 Å². The number of hydrogen-bond donors (Lipinski definition) is 0. The Kier molecular flexibility index (Phi) is 10.9. The van der Waals surface area contributed by atoms with Crippen LogP contribution in [0, 0.1) is 17.8 Å². The first-order valence-electron chi connectivity index (χ1n) is 5.75. The molecule has 0 radical (unpaired) electrons. The van der Waals surface area contributed by atoms with E-state index in [-0.39, 0.29) is 4.70 Å². The van der Waals surface area contributed by atoms with E-state index in [2.05, 4.69) is 41.5 Å². The molecule has 0 aromatic carbocycles. The molecule has 0 saturated heterocycles. The predicted octanol–water partition coefficient (Wildman–Crippen LogP) is 4.98. The molecule has 0 amide bonds. The fourth-order valence-electron chi connectivity index (χ4n) is 1.98. The molecule has 0 aliphatic rings. The summed E-state index contributed by atoms with van der Waals surface area (Å²) in [6.45, 7) is 14.3. The topological polar surface area (TPSA) is 0 Å². The first-order valence-corrected chi connectivity index (χ1v) is 9.06. The molecular formula is C12H28FTi. The van der Waals surface area contributed by atoms with Gasteiger partial charge in [0.25, 0.3) is 0 Å². The average molecular weight is 239 g/mol. The van der Waals surface area contributed by atoms with Crippen LogP contribution < -0.4 is 0 Å². The van der Waals surface area contributed by atoms with Crippen LogP contribution in [0.25, 0.3) is 0 Å². The molecule has 0 spiro atoms. The Hall–Kier alpha value is 0.644. The molecule has 0 saturated carbocycles. The number of hydrogen-bond acceptors (Lipinski definition) is 0. The third-order valence-corrected chi connectivity index (χ3v) is 8.62. The number of halogens is 1. The van der Waals surface area contributed by atoms with Crippen LogP contribution in [-0.4, -0.2) is 0 Å². The van der Waals surface area contributed by atoms with Crippen LogP contribution in [0.1, 0.15) is 41.5 Å². The van der Waals surface area contributed by atoms with E-state index in [9.17, 15) is 0 Å². The Morgan fingerprint density at radius 2 is 0.857 bits per heavy atom. The summed E-state index contributed by atoms with van der Waals surface area (Å²) < 4.78 is 4.74. The molecule has 0 aliphatic heterocycles. The smallest absolute Gasteiger partial charge is 0.269 e. The van der Waals surface area contributed by atoms with Crippen LogP contribution in [0.15, 0.2) is 0 Å². The molecule has 0 nitrogen and oxygen atoms in total. The summed E-state index contributed by atoms with van der Waals surface area (Å²) in [5.74, 6) is 2.81. The fraction of sp³-hybridized carbons (Fsp3) is 1.00. The quantitative estimate of drug-likeness (QED) is 0.573. The standard InChI is InChI=1S/3C4H9.FH.Ti/c3*1-4(2)3;;/h3*4H,1H2,2-3H3;1H;. The van der Waals surface area contributed by atoms with Gasteiger partial charge in [-0.25, -0.2) is 0 Å².